The molecule has 0 aliphatic carbocycles. The maximum Gasteiger partial charge on any atom is 0.147 e. The van der Waals surface area contributed by atoms with Crippen LogP contribution in [0.1, 0.15) is 33.1 Å². The highest BCUT2D eigenvalue weighted by Crippen LogP contribution is 2.07. The Balaban J connectivity index is 2.01. The minimum atomic E-state index is 0.359. The molecule has 1 heterocycles. The lowest BCUT2D eigenvalue weighted by molar-refractivity contribution is -0.137. The lowest BCUT2D eigenvalue weighted by atomic mass is 10.0. The van der Waals surface area contributed by atoms with E-state index in [0.717, 1.165) is 32.0 Å². The van der Waals surface area contributed by atoms with Crippen LogP contribution in [-0.4, -0.2) is 32.6 Å². The SMILES string of the molecule is CCC(CC)CNCC1CCOCO1. The first-order valence-electron chi connectivity index (χ1n) is 5.76. The molecular formula is C11H23NO2. The Morgan fingerprint density at radius 1 is 1.36 bits per heavy atom. The molecule has 84 valence electrons. The van der Waals surface area contributed by atoms with E-state index >= 15 is 0 Å². The van der Waals surface area contributed by atoms with Gasteiger partial charge in [0.2, 0.25) is 0 Å². The van der Waals surface area contributed by atoms with Gasteiger partial charge in [-0.2, -0.15) is 0 Å². The average molecular weight is 201 g/mol. The zero-order valence-electron chi connectivity index (χ0n) is 9.42. The molecule has 1 saturated heterocycles. The summed E-state index contributed by atoms with van der Waals surface area (Å²) in [6.07, 6.45) is 3.91. The van der Waals surface area contributed by atoms with Crippen LogP contribution < -0.4 is 5.32 Å². The first-order chi connectivity index (χ1) is 6.86. The molecule has 1 aliphatic heterocycles. The highest BCUT2D eigenvalue weighted by atomic mass is 16.7. The second kappa shape index (κ2) is 7.21. The summed E-state index contributed by atoms with van der Waals surface area (Å²) < 4.78 is 10.6. The summed E-state index contributed by atoms with van der Waals surface area (Å²) in [6, 6.07) is 0. The minimum absolute atomic E-state index is 0.359. The van der Waals surface area contributed by atoms with Crippen LogP contribution >= 0.6 is 0 Å². The number of hydrogen-bond acceptors (Lipinski definition) is 3. The van der Waals surface area contributed by atoms with Crippen LogP contribution in [0.4, 0.5) is 0 Å². The summed E-state index contributed by atoms with van der Waals surface area (Å²) >= 11 is 0. The van der Waals surface area contributed by atoms with Crippen LogP contribution in [0, 0.1) is 5.92 Å². The van der Waals surface area contributed by atoms with E-state index in [1.54, 1.807) is 0 Å². The Morgan fingerprint density at radius 3 is 2.71 bits per heavy atom. The molecule has 0 aromatic rings. The molecule has 0 amide bonds. The van der Waals surface area contributed by atoms with Gasteiger partial charge in [0.15, 0.2) is 0 Å². The fraction of sp³-hybridized carbons (Fsp3) is 1.00. The predicted molar refractivity (Wildman–Crippen MR) is 57.3 cm³/mol. The van der Waals surface area contributed by atoms with Crippen LogP contribution in [0.15, 0.2) is 0 Å². The lowest BCUT2D eigenvalue weighted by Crippen LogP contribution is -2.36. The molecule has 0 bridgehead atoms. The largest absolute Gasteiger partial charge is 0.355 e. The normalized spacial score (nSPS) is 22.9. The van der Waals surface area contributed by atoms with Crippen LogP contribution in [0.25, 0.3) is 0 Å². The Labute approximate surface area is 87.2 Å². The molecule has 1 unspecified atom stereocenters. The van der Waals surface area contributed by atoms with Gasteiger partial charge in [0.1, 0.15) is 6.79 Å². The van der Waals surface area contributed by atoms with E-state index in [1.807, 2.05) is 0 Å². The minimum Gasteiger partial charge on any atom is -0.355 e. The molecule has 0 aromatic heterocycles. The molecule has 3 nitrogen and oxygen atoms in total. The monoisotopic (exact) mass is 201 g/mol. The summed E-state index contributed by atoms with van der Waals surface area (Å²) in [5, 5.41) is 3.48. The molecule has 1 fully saturated rings. The molecule has 0 radical (unpaired) electrons. The summed E-state index contributed by atoms with van der Waals surface area (Å²) in [7, 11) is 0. The number of hydrogen-bond donors (Lipinski definition) is 1. The van der Waals surface area contributed by atoms with Crippen molar-refractivity contribution in [3.05, 3.63) is 0 Å². The van der Waals surface area contributed by atoms with Gasteiger partial charge < -0.3 is 14.8 Å². The summed E-state index contributed by atoms with van der Waals surface area (Å²) in [5.41, 5.74) is 0. The Hall–Kier alpha value is -0.120. The maximum atomic E-state index is 5.44. The van der Waals surface area contributed by atoms with Gasteiger partial charge in [0, 0.05) is 6.54 Å². The standard InChI is InChI=1S/C11H23NO2/c1-3-10(4-2)7-12-8-11-5-6-13-9-14-11/h10-12H,3-9H2,1-2H3. The molecule has 1 rings (SSSR count). The van der Waals surface area contributed by atoms with Crippen molar-refractivity contribution in [1.82, 2.24) is 5.32 Å². The van der Waals surface area contributed by atoms with Gasteiger partial charge in [0.25, 0.3) is 0 Å². The molecule has 0 spiro atoms. The third-order valence-electron chi connectivity index (χ3n) is 2.93. The number of rotatable bonds is 6. The molecule has 14 heavy (non-hydrogen) atoms. The molecule has 1 atom stereocenters. The number of ether oxygens (including phenoxy) is 2. The van der Waals surface area contributed by atoms with Crippen LogP contribution in [0.5, 0.6) is 0 Å². The van der Waals surface area contributed by atoms with Gasteiger partial charge in [-0.15, -0.1) is 0 Å². The topological polar surface area (TPSA) is 30.5 Å². The second-order valence-electron chi connectivity index (χ2n) is 3.94. The van der Waals surface area contributed by atoms with E-state index < -0.39 is 0 Å². The third-order valence-corrected chi connectivity index (χ3v) is 2.93. The van der Waals surface area contributed by atoms with Crippen LogP contribution in [0.3, 0.4) is 0 Å². The van der Waals surface area contributed by atoms with Crippen molar-refractivity contribution >= 4 is 0 Å². The maximum absolute atomic E-state index is 5.44. The average Bonchev–Trinajstić information content (AvgIpc) is 2.26. The van der Waals surface area contributed by atoms with Crippen molar-refractivity contribution in [2.75, 3.05) is 26.5 Å². The fourth-order valence-electron chi connectivity index (χ4n) is 1.69. The molecular weight excluding hydrogens is 178 g/mol. The van der Waals surface area contributed by atoms with Crippen molar-refractivity contribution in [2.45, 2.75) is 39.2 Å². The summed E-state index contributed by atoms with van der Waals surface area (Å²) in [5.74, 6) is 0.815. The first kappa shape index (κ1) is 12.0. The highest BCUT2D eigenvalue weighted by Gasteiger charge is 2.13. The van der Waals surface area contributed by atoms with Gasteiger partial charge >= 0.3 is 0 Å². The Bertz CT molecular complexity index is 131. The van der Waals surface area contributed by atoms with E-state index in [4.69, 9.17) is 9.47 Å². The summed E-state index contributed by atoms with van der Waals surface area (Å²) in [6.45, 7) is 7.91. The first-order valence-corrected chi connectivity index (χ1v) is 5.76. The molecule has 1 aliphatic rings. The zero-order chi connectivity index (χ0) is 10.2. The van der Waals surface area contributed by atoms with E-state index in [2.05, 4.69) is 19.2 Å². The van der Waals surface area contributed by atoms with Crippen molar-refractivity contribution < 1.29 is 9.47 Å². The van der Waals surface area contributed by atoms with E-state index in [9.17, 15) is 0 Å². The van der Waals surface area contributed by atoms with Gasteiger partial charge in [-0.05, 0) is 18.9 Å². The van der Waals surface area contributed by atoms with Gasteiger partial charge in [-0.25, -0.2) is 0 Å². The molecule has 1 N–H and O–H groups in total. The van der Waals surface area contributed by atoms with Crippen molar-refractivity contribution in [1.29, 1.82) is 0 Å². The van der Waals surface area contributed by atoms with E-state index in [-0.39, 0.29) is 0 Å². The Morgan fingerprint density at radius 2 is 2.14 bits per heavy atom. The smallest absolute Gasteiger partial charge is 0.147 e. The van der Waals surface area contributed by atoms with Crippen molar-refractivity contribution in [3.8, 4) is 0 Å². The third kappa shape index (κ3) is 4.40. The Kier molecular flexibility index (Phi) is 6.15. The molecule has 3 heteroatoms. The summed E-state index contributed by atoms with van der Waals surface area (Å²) in [4.78, 5) is 0. The van der Waals surface area contributed by atoms with Crippen molar-refractivity contribution in [3.63, 3.8) is 0 Å². The molecule has 0 aromatic carbocycles. The quantitative estimate of drug-likeness (QED) is 0.710. The van der Waals surface area contributed by atoms with E-state index in [0.29, 0.717) is 12.9 Å². The van der Waals surface area contributed by atoms with Crippen LogP contribution in [0.2, 0.25) is 0 Å². The van der Waals surface area contributed by atoms with Crippen molar-refractivity contribution in [2.24, 2.45) is 5.92 Å². The van der Waals surface area contributed by atoms with E-state index in [1.165, 1.54) is 12.8 Å². The number of nitrogens with one attached hydrogen (secondary N) is 1. The highest BCUT2D eigenvalue weighted by molar-refractivity contribution is 4.66. The second-order valence-corrected chi connectivity index (χ2v) is 3.94. The fourth-order valence-corrected chi connectivity index (χ4v) is 1.69. The lowest BCUT2D eigenvalue weighted by Gasteiger charge is -2.24. The predicted octanol–water partition coefficient (Wildman–Crippen LogP) is 1.78. The molecule has 0 saturated carbocycles. The zero-order valence-corrected chi connectivity index (χ0v) is 9.42. The van der Waals surface area contributed by atoms with Gasteiger partial charge in [0.05, 0.1) is 12.7 Å². The van der Waals surface area contributed by atoms with Crippen LogP contribution in [-0.2, 0) is 9.47 Å². The van der Waals surface area contributed by atoms with Gasteiger partial charge in [-0.1, -0.05) is 26.7 Å². The van der Waals surface area contributed by atoms with Gasteiger partial charge in [-0.3, -0.25) is 0 Å².